The van der Waals surface area contributed by atoms with Gasteiger partial charge in [-0.25, -0.2) is 13.6 Å². The Morgan fingerprint density at radius 3 is 2.50 bits per heavy atom. The lowest BCUT2D eigenvalue weighted by Gasteiger charge is -2.01. The fourth-order valence-corrected chi connectivity index (χ4v) is 0.753. The monoisotopic (exact) mass is 173 g/mol. The van der Waals surface area contributed by atoms with Crippen molar-refractivity contribution in [3.05, 3.63) is 29.3 Å². The number of rotatable bonds is 1. The molecule has 1 aromatic rings. The van der Waals surface area contributed by atoms with E-state index in [0.29, 0.717) is 0 Å². The molecule has 0 bridgehead atoms. The third-order valence-corrected chi connectivity index (χ3v) is 1.36. The zero-order chi connectivity index (χ0) is 9.30. The minimum absolute atomic E-state index is 0.436. The molecule has 0 aromatic heterocycles. The van der Waals surface area contributed by atoms with Gasteiger partial charge in [0, 0.05) is 0 Å². The maximum absolute atomic E-state index is 12.6. The lowest BCUT2D eigenvalue weighted by molar-refractivity contribution is 0.0697. The van der Waals surface area contributed by atoms with Gasteiger partial charge >= 0.3 is 5.97 Å². The standard InChI is InChI=1S/C7H5F2NO2/c8-4-2-1-3(7(11)12)6(10)5(4)9/h1-2H,10H2,(H,11,12). The topological polar surface area (TPSA) is 63.3 Å². The molecule has 0 aliphatic heterocycles. The minimum atomic E-state index is -1.38. The number of carboxylic acids is 1. The van der Waals surface area contributed by atoms with Crippen molar-refractivity contribution in [3.63, 3.8) is 0 Å². The SMILES string of the molecule is Nc1c(C(=O)O)ccc(F)c1F. The highest BCUT2D eigenvalue weighted by Gasteiger charge is 2.14. The number of hydrogen-bond donors (Lipinski definition) is 2. The Hall–Kier alpha value is -1.65. The van der Waals surface area contributed by atoms with E-state index >= 15 is 0 Å². The Morgan fingerprint density at radius 1 is 1.42 bits per heavy atom. The molecule has 0 unspecified atom stereocenters. The molecule has 0 aliphatic carbocycles. The van der Waals surface area contributed by atoms with E-state index in [0.717, 1.165) is 12.1 Å². The zero-order valence-electron chi connectivity index (χ0n) is 5.84. The molecule has 0 saturated heterocycles. The van der Waals surface area contributed by atoms with Crippen molar-refractivity contribution >= 4 is 11.7 Å². The van der Waals surface area contributed by atoms with E-state index in [-0.39, 0.29) is 0 Å². The molecule has 0 aliphatic rings. The summed E-state index contributed by atoms with van der Waals surface area (Å²) in [4.78, 5) is 10.3. The fraction of sp³-hybridized carbons (Fsp3) is 0. The first kappa shape index (κ1) is 8.45. The van der Waals surface area contributed by atoms with Crippen LogP contribution in [0.15, 0.2) is 12.1 Å². The van der Waals surface area contributed by atoms with Gasteiger partial charge in [0.1, 0.15) is 0 Å². The van der Waals surface area contributed by atoms with Crippen LogP contribution in [0.2, 0.25) is 0 Å². The van der Waals surface area contributed by atoms with Gasteiger partial charge in [0.2, 0.25) is 0 Å². The van der Waals surface area contributed by atoms with E-state index in [4.69, 9.17) is 10.8 Å². The van der Waals surface area contributed by atoms with Gasteiger partial charge in [-0.3, -0.25) is 0 Å². The fourth-order valence-electron chi connectivity index (χ4n) is 0.753. The van der Waals surface area contributed by atoms with E-state index in [1.165, 1.54) is 0 Å². The highest BCUT2D eigenvalue weighted by molar-refractivity contribution is 5.93. The second-order valence-electron chi connectivity index (χ2n) is 2.13. The smallest absolute Gasteiger partial charge is 0.337 e. The molecule has 0 radical (unpaired) electrons. The number of halogens is 2. The Kier molecular flexibility index (Phi) is 1.95. The lowest BCUT2D eigenvalue weighted by atomic mass is 10.2. The summed E-state index contributed by atoms with van der Waals surface area (Å²) >= 11 is 0. The third kappa shape index (κ3) is 1.20. The van der Waals surface area contributed by atoms with Crippen LogP contribution in [-0.2, 0) is 0 Å². The molecule has 64 valence electrons. The molecule has 0 amide bonds. The van der Waals surface area contributed by atoms with Crippen LogP contribution in [0, 0.1) is 11.6 Å². The summed E-state index contributed by atoms with van der Waals surface area (Å²) in [5.74, 6) is -3.86. The highest BCUT2D eigenvalue weighted by Crippen LogP contribution is 2.18. The van der Waals surface area contributed by atoms with Gasteiger partial charge < -0.3 is 10.8 Å². The van der Waals surface area contributed by atoms with Gasteiger partial charge in [-0.2, -0.15) is 0 Å². The molecule has 0 heterocycles. The normalized spacial score (nSPS) is 9.83. The van der Waals surface area contributed by atoms with Crippen LogP contribution in [0.3, 0.4) is 0 Å². The number of anilines is 1. The van der Waals surface area contributed by atoms with E-state index in [9.17, 15) is 13.6 Å². The quantitative estimate of drug-likeness (QED) is 0.628. The number of aromatic carboxylic acids is 1. The molecule has 0 saturated carbocycles. The number of nitrogen functional groups attached to an aromatic ring is 1. The van der Waals surface area contributed by atoms with Crippen molar-refractivity contribution in [2.24, 2.45) is 0 Å². The predicted octanol–water partition coefficient (Wildman–Crippen LogP) is 1.25. The predicted molar refractivity (Wildman–Crippen MR) is 37.7 cm³/mol. The first-order valence-corrected chi connectivity index (χ1v) is 3.01. The van der Waals surface area contributed by atoms with Gasteiger partial charge in [-0.1, -0.05) is 0 Å². The molecule has 5 heteroatoms. The highest BCUT2D eigenvalue weighted by atomic mass is 19.2. The van der Waals surface area contributed by atoms with Gasteiger partial charge in [0.15, 0.2) is 11.6 Å². The average Bonchev–Trinajstić information content (AvgIpc) is 2.00. The minimum Gasteiger partial charge on any atom is -0.478 e. The van der Waals surface area contributed by atoms with Crippen molar-refractivity contribution in [2.75, 3.05) is 5.73 Å². The van der Waals surface area contributed by atoms with E-state index in [1.54, 1.807) is 0 Å². The number of hydrogen-bond acceptors (Lipinski definition) is 2. The van der Waals surface area contributed by atoms with Gasteiger partial charge in [-0.05, 0) is 12.1 Å². The van der Waals surface area contributed by atoms with Crippen molar-refractivity contribution < 1.29 is 18.7 Å². The molecule has 1 rings (SSSR count). The Balaban J connectivity index is 3.36. The van der Waals surface area contributed by atoms with Gasteiger partial charge in [0.05, 0.1) is 11.3 Å². The Bertz CT molecular complexity index is 338. The second kappa shape index (κ2) is 2.77. The van der Waals surface area contributed by atoms with E-state index < -0.39 is 28.9 Å². The molecule has 3 nitrogen and oxygen atoms in total. The Morgan fingerprint density at radius 2 is 2.00 bits per heavy atom. The summed E-state index contributed by atoms with van der Waals surface area (Å²) in [6.45, 7) is 0. The van der Waals surface area contributed by atoms with Crippen LogP contribution < -0.4 is 5.73 Å². The molecular weight excluding hydrogens is 168 g/mol. The molecule has 3 N–H and O–H groups in total. The summed E-state index contributed by atoms with van der Waals surface area (Å²) in [7, 11) is 0. The van der Waals surface area contributed by atoms with Crippen LogP contribution >= 0.6 is 0 Å². The second-order valence-corrected chi connectivity index (χ2v) is 2.13. The molecular formula is C7H5F2NO2. The van der Waals surface area contributed by atoms with Gasteiger partial charge in [-0.15, -0.1) is 0 Å². The van der Waals surface area contributed by atoms with Crippen LogP contribution in [0.4, 0.5) is 14.5 Å². The van der Waals surface area contributed by atoms with E-state index in [1.807, 2.05) is 0 Å². The summed E-state index contributed by atoms with van der Waals surface area (Å²) in [6.07, 6.45) is 0. The maximum atomic E-state index is 12.6. The summed E-state index contributed by atoms with van der Waals surface area (Å²) in [6, 6.07) is 1.63. The summed E-state index contributed by atoms with van der Waals surface area (Å²) in [5, 5.41) is 8.41. The largest absolute Gasteiger partial charge is 0.478 e. The molecule has 0 spiro atoms. The van der Waals surface area contributed by atoms with Crippen molar-refractivity contribution in [1.82, 2.24) is 0 Å². The number of nitrogens with two attached hydrogens (primary N) is 1. The summed E-state index contributed by atoms with van der Waals surface area (Å²) in [5.41, 5.74) is 3.87. The van der Waals surface area contributed by atoms with Crippen molar-refractivity contribution in [3.8, 4) is 0 Å². The van der Waals surface area contributed by atoms with Crippen LogP contribution in [-0.4, -0.2) is 11.1 Å². The van der Waals surface area contributed by atoms with E-state index in [2.05, 4.69) is 0 Å². The van der Waals surface area contributed by atoms with Gasteiger partial charge in [0.25, 0.3) is 0 Å². The molecule has 0 fully saturated rings. The number of carbonyl (C=O) groups is 1. The van der Waals surface area contributed by atoms with Crippen molar-refractivity contribution in [1.29, 1.82) is 0 Å². The average molecular weight is 173 g/mol. The Labute approximate surface area is 66.4 Å². The molecule has 12 heavy (non-hydrogen) atoms. The molecule has 1 aromatic carbocycles. The first-order chi connectivity index (χ1) is 5.54. The molecule has 0 atom stereocenters. The zero-order valence-corrected chi connectivity index (χ0v) is 5.84. The van der Waals surface area contributed by atoms with Crippen LogP contribution in [0.1, 0.15) is 10.4 Å². The van der Waals surface area contributed by atoms with Crippen LogP contribution in [0.25, 0.3) is 0 Å². The third-order valence-electron chi connectivity index (χ3n) is 1.36. The number of benzene rings is 1. The van der Waals surface area contributed by atoms with Crippen LogP contribution in [0.5, 0.6) is 0 Å². The number of carboxylic acid groups (broad SMARTS) is 1. The maximum Gasteiger partial charge on any atom is 0.337 e. The lowest BCUT2D eigenvalue weighted by Crippen LogP contribution is -2.05. The summed E-state index contributed by atoms with van der Waals surface area (Å²) < 4.78 is 25.0. The first-order valence-electron chi connectivity index (χ1n) is 3.01. The van der Waals surface area contributed by atoms with Crippen molar-refractivity contribution in [2.45, 2.75) is 0 Å².